The maximum Gasteiger partial charge on any atom is 0.202 e. The van der Waals surface area contributed by atoms with Crippen LogP contribution in [0.4, 0.5) is 10.1 Å². The summed E-state index contributed by atoms with van der Waals surface area (Å²) in [4.78, 5) is 16.7. The molecule has 0 saturated heterocycles. The fourth-order valence-corrected chi connectivity index (χ4v) is 4.57. The molecule has 0 amide bonds. The van der Waals surface area contributed by atoms with Gasteiger partial charge in [0.2, 0.25) is 5.78 Å². The summed E-state index contributed by atoms with van der Waals surface area (Å²) in [6, 6.07) is 16.2. The lowest BCUT2D eigenvalue weighted by atomic mass is 10.1. The van der Waals surface area contributed by atoms with Crippen LogP contribution in [0.3, 0.4) is 0 Å². The van der Waals surface area contributed by atoms with Crippen LogP contribution in [0, 0.1) is 5.82 Å². The van der Waals surface area contributed by atoms with Crippen molar-refractivity contribution in [2.75, 3.05) is 18.0 Å². The van der Waals surface area contributed by atoms with Gasteiger partial charge < -0.3 is 4.90 Å². The zero-order valence-electron chi connectivity index (χ0n) is 14.2. The molecule has 0 radical (unpaired) electrons. The number of carbonyl (C=O) groups is 1. The highest BCUT2D eigenvalue weighted by atomic mass is 32.1. The third-order valence-electron chi connectivity index (χ3n) is 4.61. The summed E-state index contributed by atoms with van der Waals surface area (Å²) in [6.07, 6.45) is 2.65. The molecule has 1 aromatic heterocycles. The number of halogens is 1. The molecule has 1 aliphatic rings. The van der Waals surface area contributed by atoms with Crippen molar-refractivity contribution in [2.24, 2.45) is 0 Å². The van der Waals surface area contributed by atoms with Gasteiger partial charge in [0.05, 0.1) is 4.88 Å². The largest absolute Gasteiger partial charge is 0.367 e. The number of ketones is 1. The Balaban J connectivity index is 1.80. The summed E-state index contributed by atoms with van der Waals surface area (Å²) in [5, 5.41) is 0. The van der Waals surface area contributed by atoms with E-state index in [9.17, 15) is 9.18 Å². The molecular weight excluding hydrogens is 345 g/mol. The van der Waals surface area contributed by atoms with E-state index in [0.717, 1.165) is 39.5 Å². The molecule has 1 aliphatic heterocycles. The van der Waals surface area contributed by atoms with Crippen molar-refractivity contribution < 1.29 is 9.18 Å². The van der Waals surface area contributed by atoms with Crippen LogP contribution in [0.1, 0.15) is 20.8 Å². The number of hydrogen-bond donors (Lipinski definition) is 0. The third kappa shape index (κ3) is 2.97. The number of anilines is 1. The normalized spacial score (nSPS) is 12.9. The topological polar surface area (TPSA) is 20.3 Å². The fraction of sp³-hybridized carbons (Fsp3) is 0.136. The van der Waals surface area contributed by atoms with E-state index in [1.165, 1.54) is 17.4 Å². The Morgan fingerprint density at radius 2 is 2.00 bits per heavy atom. The minimum Gasteiger partial charge on any atom is -0.367 e. The molecule has 0 N–H and O–H groups in total. The summed E-state index contributed by atoms with van der Waals surface area (Å²) in [7, 11) is 0. The predicted molar refractivity (Wildman–Crippen MR) is 106 cm³/mol. The van der Waals surface area contributed by atoms with Crippen molar-refractivity contribution in [3.63, 3.8) is 0 Å². The highest BCUT2D eigenvalue weighted by Crippen LogP contribution is 2.42. The molecule has 0 fully saturated rings. The molecule has 26 heavy (non-hydrogen) atoms. The first-order valence-corrected chi connectivity index (χ1v) is 9.37. The van der Waals surface area contributed by atoms with Gasteiger partial charge in [0, 0.05) is 34.8 Å². The Kier molecular flexibility index (Phi) is 4.43. The second kappa shape index (κ2) is 6.89. The van der Waals surface area contributed by atoms with Gasteiger partial charge >= 0.3 is 0 Å². The van der Waals surface area contributed by atoms with E-state index in [-0.39, 0.29) is 11.6 Å². The van der Waals surface area contributed by atoms with E-state index in [1.807, 2.05) is 48.5 Å². The number of carbonyl (C=O) groups excluding carboxylic acids is 1. The van der Waals surface area contributed by atoms with Crippen molar-refractivity contribution in [3.05, 3.63) is 89.1 Å². The SMILES string of the molecule is C=CCN1CCc2cc(C(=O)c3ccccc3)sc2-c2ccc(F)cc21. The van der Waals surface area contributed by atoms with Gasteiger partial charge in [-0.05, 0) is 36.2 Å². The van der Waals surface area contributed by atoms with Crippen LogP contribution in [0.15, 0.2) is 67.3 Å². The zero-order chi connectivity index (χ0) is 18.1. The molecular formula is C22H18FNOS. The Hall–Kier alpha value is -2.72. The van der Waals surface area contributed by atoms with Gasteiger partial charge in [-0.2, -0.15) is 0 Å². The maximum absolute atomic E-state index is 13.9. The maximum atomic E-state index is 13.9. The summed E-state index contributed by atoms with van der Waals surface area (Å²) in [5.74, 6) is -0.214. The molecule has 0 bridgehead atoms. The quantitative estimate of drug-likeness (QED) is 0.461. The van der Waals surface area contributed by atoms with E-state index in [0.29, 0.717) is 12.1 Å². The van der Waals surface area contributed by atoms with Gasteiger partial charge in [0.25, 0.3) is 0 Å². The highest BCUT2D eigenvalue weighted by molar-refractivity contribution is 7.17. The Bertz CT molecular complexity index is 977. The lowest BCUT2D eigenvalue weighted by Gasteiger charge is -2.23. The molecule has 0 aliphatic carbocycles. The molecule has 0 atom stereocenters. The van der Waals surface area contributed by atoms with E-state index >= 15 is 0 Å². The molecule has 2 nitrogen and oxygen atoms in total. The number of hydrogen-bond acceptors (Lipinski definition) is 3. The van der Waals surface area contributed by atoms with Crippen LogP contribution < -0.4 is 4.90 Å². The number of thiophene rings is 1. The first-order valence-electron chi connectivity index (χ1n) is 8.55. The second-order valence-corrected chi connectivity index (χ2v) is 7.36. The highest BCUT2D eigenvalue weighted by Gasteiger charge is 2.24. The molecule has 2 heterocycles. The Morgan fingerprint density at radius 3 is 2.77 bits per heavy atom. The molecule has 4 heteroatoms. The van der Waals surface area contributed by atoms with Crippen LogP contribution in [0.25, 0.3) is 10.4 Å². The average molecular weight is 363 g/mol. The predicted octanol–water partition coefficient (Wildman–Crippen LogP) is 5.33. The molecule has 3 aromatic rings. The van der Waals surface area contributed by atoms with Gasteiger partial charge in [0.15, 0.2) is 0 Å². The van der Waals surface area contributed by atoms with Crippen LogP contribution in [0.5, 0.6) is 0 Å². The Labute approximate surface area is 156 Å². The molecule has 0 saturated carbocycles. The second-order valence-electron chi connectivity index (χ2n) is 6.31. The van der Waals surface area contributed by atoms with Crippen molar-refractivity contribution in [3.8, 4) is 10.4 Å². The molecule has 0 unspecified atom stereocenters. The van der Waals surface area contributed by atoms with Gasteiger partial charge in [-0.1, -0.05) is 36.4 Å². The van der Waals surface area contributed by atoms with E-state index in [1.54, 1.807) is 6.07 Å². The number of rotatable bonds is 4. The summed E-state index contributed by atoms with van der Waals surface area (Å²) < 4.78 is 13.9. The van der Waals surface area contributed by atoms with E-state index in [4.69, 9.17) is 0 Å². The van der Waals surface area contributed by atoms with Crippen molar-refractivity contribution in [2.45, 2.75) is 6.42 Å². The van der Waals surface area contributed by atoms with E-state index in [2.05, 4.69) is 11.5 Å². The van der Waals surface area contributed by atoms with Crippen LogP contribution in [-0.2, 0) is 6.42 Å². The van der Waals surface area contributed by atoms with Gasteiger partial charge in [-0.3, -0.25) is 4.79 Å². The minimum atomic E-state index is -0.251. The average Bonchev–Trinajstić information content (AvgIpc) is 3.03. The molecule has 2 aromatic carbocycles. The van der Waals surface area contributed by atoms with Gasteiger partial charge in [-0.25, -0.2) is 4.39 Å². The smallest absolute Gasteiger partial charge is 0.202 e. The third-order valence-corrected chi connectivity index (χ3v) is 5.82. The zero-order valence-corrected chi connectivity index (χ0v) is 15.1. The van der Waals surface area contributed by atoms with Crippen LogP contribution >= 0.6 is 11.3 Å². The van der Waals surface area contributed by atoms with Gasteiger partial charge in [0.1, 0.15) is 5.82 Å². The summed E-state index contributed by atoms with van der Waals surface area (Å²) in [6.45, 7) is 5.25. The standard InChI is InChI=1S/C22H18FNOS/c1-2-11-24-12-10-16-13-20(21(25)15-6-4-3-5-7-15)26-22(16)18-9-8-17(23)14-19(18)24/h2-9,13-14H,1,10-12H2. The lowest BCUT2D eigenvalue weighted by Crippen LogP contribution is -2.25. The van der Waals surface area contributed by atoms with Crippen LogP contribution in [0.2, 0.25) is 0 Å². The lowest BCUT2D eigenvalue weighted by molar-refractivity contribution is 0.104. The van der Waals surface area contributed by atoms with Crippen LogP contribution in [-0.4, -0.2) is 18.9 Å². The number of nitrogens with zero attached hydrogens (tertiary/aromatic N) is 1. The Morgan fingerprint density at radius 1 is 1.19 bits per heavy atom. The van der Waals surface area contributed by atoms with E-state index < -0.39 is 0 Å². The van der Waals surface area contributed by atoms with Gasteiger partial charge in [-0.15, -0.1) is 17.9 Å². The number of benzene rings is 2. The van der Waals surface area contributed by atoms with Crippen molar-refractivity contribution in [1.82, 2.24) is 0 Å². The summed E-state index contributed by atoms with van der Waals surface area (Å²) >= 11 is 1.50. The first-order chi connectivity index (χ1) is 12.7. The summed E-state index contributed by atoms with van der Waals surface area (Å²) in [5.41, 5.74) is 3.69. The van der Waals surface area contributed by atoms with Crippen molar-refractivity contribution >= 4 is 22.8 Å². The molecule has 4 rings (SSSR count). The fourth-order valence-electron chi connectivity index (χ4n) is 3.37. The number of fused-ring (bicyclic) bond motifs is 3. The first kappa shape index (κ1) is 16.7. The molecule has 0 spiro atoms. The molecule has 130 valence electrons. The monoisotopic (exact) mass is 363 g/mol. The minimum absolute atomic E-state index is 0.0373. The van der Waals surface area contributed by atoms with Crippen molar-refractivity contribution in [1.29, 1.82) is 0 Å².